The summed E-state index contributed by atoms with van der Waals surface area (Å²) in [5, 5.41) is 1.53. The zero-order chi connectivity index (χ0) is 13.5. The minimum Gasteiger partial charge on any atom is -0.355 e. The SMILES string of the molecule is C=C/C=C\C=c1\[nH]c(C=C)c(/C=C(/F)C=C)c1=C. The van der Waals surface area contributed by atoms with Crippen LogP contribution in [0.1, 0.15) is 11.3 Å². The summed E-state index contributed by atoms with van der Waals surface area (Å²) in [5.41, 5.74) is 1.41. The van der Waals surface area contributed by atoms with Crippen molar-refractivity contribution in [1.29, 1.82) is 0 Å². The van der Waals surface area contributed by atoms with Gasteiger partial charge in [0.2, 0.25) is 0 Å². The van der Waals surface area contributed by atoms with Crippen molar-refractivity contribution in [1.82, 2.24) is 4.98 Å². The molecule has 0 atom stereocenters. The van der Waals surface area contributed by atoms with Crippen LogP contribution in [0.2, 0.25) is 0 Å². The third-order valence-electron chi connectivity index (χ3n) is 2.40. The fourth-order valence-corrected chi connectivity index (χ4v) is 1.49. The summed E-state index contributed by atoms with van der Waals surface area (Å²) in [5.74, 6) is -0.407. The van der Waals surface area contributed by atoms with Crippen molar-refractivity contribution in [2.75, 3.05) is 0 Å². The molecule has 0 bridgehead atoms. The maximum Gasteiger partial charge on any atom is 0.123 e. The molecular formula is C16H16FN. The van der Waals surface area contributed by atoms with E-state index in [0.29, 0.717) is 5.56 Å². The van der Waals surface area contributed by atoms with Gasteiger partial charge >= 0.3 is 0 Å². The number of hydrogen-bond acceptors (Lipinski definition) is 0. The molecule has 1 N–H and O–H groups in total. The van der Waals surface area contributed by atoms with Gasteiger partial charge in [-0.05, 0) is 24.3 Å². The molecular weight excluding hydrogens is 225 g/mol. The third-order valence-corrected chi connectivity index (χ3v) is 2.40. The van der Waals surface area contributed by atoms with Crippen LogP contribution in [-0.2, 0) is 0 Å². The average molecular weight is 241 g/mol. The molecule has 0 spiro atoms. The summed E-state index contributed by atoms with van der Waals surface area (Å²) in [6.07, 6.45) is 11.3. The van der Waals surface area contributed by atoms with Gasteiger partial charge in [-0.2, -0.15) is 0 Å². The van der Waals surface area contributed by atoms with Gasteiger partial charge < -0.3 is 4.98 Å². The number of aromatic nitrogens is 1. The highest BCUT2D eigenvalue weighted by atomic mass is 19.1. The Bertz CT molecular complexity index is 627. The second-order valence-corrected chi connectivity index (χ2v) is 3.57. The second-order valence-electron chi connectivity index (χ2n) is 3.57. The van der Waals surface area contributed by atoms with Crippen LogP contribution in [0.15, 0.2) is 49.9 Å². The number of hydrogen-bond donors (Lipinski definition) is 1. The Hall–Kier alpha value is -2.35. The van der Waals surface area contributed by atoms with Crippen LogP contribution >= 0.6 is 0 Å². The Kier molecular flexibility index (Phi) is 4.88. The van der Waals surface area contributed by atoms with Crippen LogP contribution in [0.25, 0.3) is 24.8 Å². The molecule has 2 heteroatoms. The molecule has 1 heterocycles. The zero-order valence-electron chi connectivity index (χ0n) is 10.2. The molecule has 0 amide bonds. The molecule has 0 aliphatic heterocycles. The van der Waals surface area contributed by atoms with Gasteiger partial charge in [0.1, 0.15) is 5.83 Å². The van der Waals surface area contributed by atoms with Gasteiger partial charge in [-0.25, -0.2) is 4.39 Å². The molecule has 92 valence electrons. The van der Waals surface area contributed by atoms with Gasteiger partial charge in [-0.15, -0.1) is 0 Å². The first-order chi connectivity index (χ1) is 8.63. The highest BCUT2D eigenvalue weighted by molar-refractivity contribution is 5.65. The first-order valence-electron chi connectivity index (χ1n) is 5.46. The molecule has 1 rings (SSSR count). The maximum absolute atomic E-state index is 13.3. The van der Waals surface area contributed by atoms with Crippen molar-refractivity contribution >= 4 is 24.8 Å². The summed E-state index contributed by atoms with van der Waals surface area (Å²) in [6, 6.07) is 0. The maximum atomic E-state index is 13.3. The van der Waals surface area contributed by atoms with Gasteiger partial charge in [0, 0.05) is 21.8 Å². The van der Waals surface area contributed by atoms with Crippen molar-refractivity contribution in [2.45, 2.75) is 0 Å². The molecule has 0 aliphatic carbocycles. The van der Waals surface area contributed by atoms with E-state index in [1.54, 1.807) is 18.2 Å². The molecule has 0 saturated heterocycles. The lowest BCUT2D eigenvalue weighted by Gasteiger charge is -1.91. The van der Waals surface area contributed by atoms with Crippen LogP contribution in [-0.4, -0.2) is 4.98 Å². The van der Waals surface area contributed by atoms with Crippen molar-refractivity contribution in [3.63, 3.8) is 0 Å². The summed E-state index contributed by atoms with van der Waals surface area (Å²) in [6.45, 7) is 14.6. The van der Waals surface area contributed by atoms with E-state index in [-0.39, 0.29) is 0 Å². The Labute approximate surface area is 106 Å². The molecule has 0 aromatic carbocycles. The average Bonchev–Trinajstić information content (AvgIpc) is 2.67. The number of nitrogens with one attached hydrogen (secondary N) is 1. The first kappa shape index (κ1) is 13.7. The smallest absolute Gasteiger partial charge is 0.123 e. The van der Waals surface area contributed by atoms with Crippen molar-refractivity contribution in [3.8, 4) is 0 Å². The van der Waals surface area contributed by atoms with Gasteiger partial charge in [0.15, 0.2) is 0 Å². The normalized spacial score (nSPS) is 12.9. The van der Waals surface area contributed by atoms with E-state index in [1.165, 1.54) is 6.08 Å². The summed E-state index contributed by atoms with van der Waals surface area (Å²) < 4.78 is 13.3. The van der Waals surface area contributed by atoms with Gasteiger partial charge in [0.25, 0.3) is 0 Å². The van der Waals surface area contributed by atoms with Crippen LogP contribution < -0.4 is 10.6 Å². The molecule has 0 fully saturated rings. The summed E-state index contributed by atoms with van der Waals surface area (Å²) >= 11 is 0. The van der Waals surface area contributed by atoms with E-state index in [2.05, 4.69) is 31.3 Å². The number of halogens is 1. The summed E-state index contributed by atoms with van der Waals surface area (Å²) in [4.78, 5) is 3.12. The highest BCUT2D eigenvalue weighted by Gasteiger charge is 2.02. The van der Waals surface area contributed by atoms with Crippen LogP contribution in [0.4, 0.5) is 4.39 Å². The molecule has 0 saturated carbocycles. The largest absolute Gasteiger partial charge is 0.355 e. The number of allylic oxidation sites excluding steroid dienone is 5. The van der Waals surface area contributed by atoms with E-state index < -0.39 is 5.83 Å². The number of H-pyrrole nitrogens is 1. The van der Waals surface area contributed by atoms with Crippen LogP contribution in [0.3, 0.4) is 0 Å². The van der Waals surface area contributed by atoms with Crippen LogP contribution in [0, 0.1) is 0 Å². The van der Waals surface area contributed by atoms with Crippen LogP contribution in [0.5, 0.6) is 0 Å². The fourth-order valence-electron chi connectivity index (χ4n) is 1.49. The number of rotatable bonds is 5. The standard InChI is InChI=1S/C16H16FN/c1-5-8-9-10-16-12(4)14(11-13(17)6-2)15(7-3)18-16/h5-11,18H,1-4H2/b9-8-,13-11+,16-10+. The predicted molar refractivity (Wildman–Crippen MR) is 78.7 cm³/mol. The zero-order valence-corrected chi connectivity index (χ0v) is 10.2. The van der Waals surface area contributed by atoms with E-state index in [1.807, 2.05) is 12.2 Å². The Morgan fingerprint density at radius 1 is 1.17 bits per heavy atom. The van der Waals surface area contributed by atoms with Crippen molar-refractivity contribution in [3.05, 3.63) is 71.7 Å². The fraction of sp³-hybridized carbons (Fsp3) is 0. The lowest BCUT2D eigenvalue weighted by molar-refractivity contribution is 0.675. The molecule has 1 nitrogen and oxygen atoms in total. The van der Waals surface area contributed by atoms with Gasteiger partial charge in [0.05, 0.1) is 0 Å². The van der Waals surface area contributed by atoms with E-state index in [9.17, 15) is 4.39 Å². The van der Waals surface area contributed by atoms with Gasteiger partial charge in [-0.1, -0.05) is 44.5 Å². The Morgan fingerprint density at radius 2 is 1.89 bits per heavy atom. The van der Waals surface area contributed by atoms with Crippen molar-refractivity contribution < 1.29 is 4.39 Å². The van der Waals surface area contributed by atoms with E-state index in [0.717, 1.165) is 22.3 Å². The molecule has 18 heavy (non-hydrogen) atoms. The topological polar surface area (TPSA) is 15.8 Å². The summed E-state index contributed by atoms with van der Waals surface area (Å²) in [7, 11) is 0. The molecule has 0 aliphatic rings. The lowest BCUT2D eigenvalue weighted by Crippen LogP contribution is -2.21. The van der Waals surface area contributed by atoms with Crippen molar-refractivity contribution in [2.24, 2.45) is 0 Å². The minimum absolute atomic E-state index is 0.407. The first-order valence-corrected chi connectivity index (χ1v) is 5.46. The minimum atomic E-state index is -0.407. The molecule has 0 radical (unpaired) electrons. The third kappa shape index (κ3) is 3.08. The van der Waals surface area contributed by atoms with E-state index in [4.69, 9.17) is 0 Å². The number of aromatic amines is 1. The molecule has 0 unspecified atom stereocenters. The lowest BCUT2D eigenvalue weighted by atomic mass is 10.2. The molecule has 1 aromatic heterocycles. The van der Waals surface area contributed by atoms with Gasteiger partial charge in [-0.3, -0.25) is 0 Å². The quantitative estimate of drug-likeness (QED) is 0.762. The monoisotopic (exact) mass is 241 g/mol. The Balaban J connectivity index is 3.45. The Morgan fingerprint density at radius 3 is 2.44 bits per heavy atom. The predicted octanol–water partition coefficient (Wildman–Crippen LogP) is 3.09. The highest BCUT2D eigenvalue weighted by Crippen LogP contribution is 2.08. The second kappa shape index (κ2) is 6.40. The van der Waals surface area contributed by atoms with E-state index >= 15 is 0 Å². The molecule has 1 aromatic rings.